The van der Waals surface area contributed by atoms with E-state index in [9.17, 15) is 8.42 Å². The van der Waals surface area contributed by atoms with Crippen molar-refractivity contribution < 1.29 is 8.42 Å². The van der Waals surface area contributed by atoms with Crippen LogP contribution in [0.4, 0.5) is 0 Å². The molecule has 5 nitrogen and oxygen atoms in total. The lowest BCUT2D eigenvalue weighted by Crippen LogP contribution is -2.14. The quantitative estimate of drug-likeness (QED) is 0.732. The molecule has 17 heavy (non-hydrogen) atoms. The van der Waals surface area contributed by atoms with Gasteiger partial charge in [-0.3, -0.25) is 4.68 Å². The SMILES string of the molecule is N#Cc1nn(C2CCS(=O)(=O)C2)c2c1CCC2. The lowest BCUT2D eigenvalue weighted by molar-refractivity contribution is 0.480. The number of sulfone groups is 1. The number of nitrogens with zero attached hydrogens (tertiary/aromatic N) is 3. The number of rotatable bonds is 1. The van der Waals surface area contributed by atoms with Gasteiger partial charge in [0.15, 0.2) is 15.5 Å². The molecule has 2 aliphatic rings. The number of hydrogen-bond donors (Lipinski definition) is 0. The second-order valence-electron chi connectivity index (χ2n) is 4.74. The molecule has 0 amide bonds. The molecule has 2 heterocycles. The zero-order valence-corrected chi connectivity index (χ0v) is 10.2. The van der Waals surface area contributed by atoms with E-state index < -0.39 is 9.84 Å². The highest BCUT2D eigenvalue weighted by atomic mass is 32.2. The van der Waals surface area contributed by atoms with E-state index in [0.29, 0.717) is 12.1 Å². The van der Waals surface area contributed by atoms with Gasteiger partial charge in [-0.25, -0.2) is 8.42 Å². The molecule has 6 heteroatoms. The highest BCUT2D eigenvalue weighted by Crippen LogP contribution is 2.31. The molecule has 1 aliphatic heterocycles. The van der Waals surface area contributed by atoms with Crippen LogP contribution in [0.5, 0.6) is 0 Å². The van der Waals surface area contributed by atoms with E-state index in [-0.39, 0.29) is 17.5 Å². The summed E-state index contributed by atoms with van der Waals surface area (Å²) < 4.78 is 24.8. The molecular weight excluding hydrogens is 238 g/mol. The van der Waals surface area contributed by atoms with Gasteiger partial charge >= 0.3 is 0 Å². The first-order valence-electron chi connectivity index (χ1n) is 5.81. The molecule has 90 valence electrons. The largest absolute Gasteiger partial charge is 0.264 e. The maximum Gasteiger partial charge on any atom is 0.165 e. The van der Waals surface area contributed by atoms with Gasteiger partial charge in [-0.05, 0) is 25.7 Å². The van der Waals surface area contributed by atoms with Crippen molar-refractivity contribution in [1.82, 2.24) is 9.78 Å². The van der Waals surface area contributed by atoms with E-state index in [1.165, 1.54) is 0 Å². The highest BCUT2D eigenvalue weighted by molar-refractivity contribution is 7.91. The molecule has 0 radical (unpaired) electrons. The van der Waals surface area contributed by atoms with Crippen molar-refractivity contribution in [2.24, 2.45) is 0 Å². The van der Waals surface area contributed by atoms with Crippen LogP contribution < -0.4 is 0 Å². The number of hydrogen-bond acceptors (Lipinski definition) is 4. The Kier molecular flexibility index (Phi) is 2.26. The minimum atomic E-state index is -2.90. The normalized spacial score (nSPS) is 25.7. The summed E-state index contributed by atoms with van der Waals surface area (Å²) >= 11 is 0. The minimum absolute atomic E-state index is 0.0612. The van der Waals surface area contributed by atoms with E-state index in [1.807, 2.05) is 4.68 Å². The highest BCUT2D eigenvalue weighted by Gasteiger charge is 2.33. The molecule has 0 aromatic carbocycles. The second-order valence-corrected chi connectivity index (χ2v) is 6.97. The molecule has 3 rings (SSSR count). The van der Waals surface area contributed by atoms with Crippen molar-refractivity contribution in [3.8, 4) is 6.07 Å². The summed E-state index contributed by atoms with van der Waals surface area (Å²) in [5, 5.41) is 13.3. The summed E-state index contributed by atoms with van der Waals surface area (Å²) in [6, 6.07) is 2.05. The van der Waals surface area contributed by atoms with Gasteiger partial charge in [0.05, 0.1) is 17.5 Å². The summed E-state index contributed by atoms with van der Waals surface area (Å²) in [6.45, 7) is 0. The number of nitriles is 1. The van der Waals surface area contributed by atoms with Crippen LogP contribution in [0.2, 0.25) is 0 Å². The van der Waals surface area contributed by atoms with Crippen LogP contribution in [-0.4, -0.2) is 29.7 Å². The van der Waals surface area contributed by atoms with Gasteiger partial charge in [0, 0.05) is 11.3 Å². The van der Waals surface area contributed by atoms with E-state index in [2.05, 4.69) is 11.2 Å². The first-order chi connectivity index (χ1) is 8.11. The van der Waals surface area contributed by atoms with E-state index in [1.54, 1.807) is 0 Å². The van der Waals surface area contributed by atoms with Gasteiger partial charge in [-0.2, -0.15) is 10.4 Å². The van der Waals surface area contributed by atoms with Crippen molar-refractivity contribution in [2.45, 2.75) is 31.7 Å². The Morgan fingerprint density at radius 1 is 1.41 bits per heavy atom. The van der Waals surface area contributed by atoms with Crippen LogP contribution in [0.25, 0.3) is 0 Å². The average molecular weight is 251 g/mol. The molecule has 1 aromatic heterocycles. The minimum Gasteiger partial charge on any atom is -0.264 e. The fourth-order valence-electron chi connectivity index (χ4n) is 2.82. The molecule has 0 saturated carbocycles. The third kappa shape index (κ3) is 1.65. The van der Waals surface area contributed by atoms with Crippen LogP contribution in [-0.2, 0) is 22.7 Å². The van der Waals surface area contributed by atoms with Crippen LogP contribution in [0, 0.1) is 11.3 Å². The zero-order valence-electron chi connectivity index (χ0n) is 9.39. The summed E-state index contributed by atoms with van der Waals surface area (Å²) in [6.07, 6.45) is 3.49. The Labute approximate surface area is 100.0 Å². The monoisotopic (exact) mass is 251 g/mol. The molecule has 0 bridgehead atoms. The van der Waals surface area contributed by atoms with Crippen LogP contribution in [0.3, 0.4) is 0 Å². The number of fused-ring (bicyclic) bond motifs is 1. The van der Waals surface area contributed by atoms with Crippen molar-refractivity contribution in [3.05, 3.63) is 17.0 Å². The molecule has 1 aliphatic carbocycles. The maximum atomic E-state index is 11.5. The molecule has 1 fully saturated rings. The Balaban J connectivity index is 2.03. The van der Waals surface area contributed by atoms with Crippen LogP contribution >= 0.6 is 0 Å². The first kappa shape index (κ1) is 10.8. The van der Waals surface area contributed by atoms with E-state index in [4.69, 9.17) is 5.26 Å². The van der Waals surface area contributed by atoms with Gasteiger partial charge in [-0.1, -0.05) is 0 Å². The first-order valence-corrected chi connectivity index (χ1v) is 7.63. The lowest BCUT2D eigenvalue weighted by Gasteiger charge is -2.11. The van der Waals surface area contributed by atoms with Gasteiger partial charge < -0.3 is 0 Å². The van der Waals surface area contributed by atoms with Crippen molar-refractivity contribution >= 4 is 9.84 Å². The van der Waals surface area contributed by atoms with E-state index in [0.717, 1.165) is 30.5 Å². The van der Waals surface area contributed by atoms with Crippen LogP contribution in [0.1, 0.15) is 35.8 Å². The summed E-state index contributed by atoms with van der Waals surface area (Å²) in [4.78, 5) is 0. The third-order valence-corrected chi connectivity index (χ3v) is 5.37. The summed E-state index contributed by atoms with van der Waals surface area (Å²) in [7, 11) is -2.90. The standard InChI is InChI=1S/C11H13N3O2S/c12-6-10-9-2-1-3-11(9)14(13-10)8-4-5-17(15,16)7-8/h8H,1-5,7H2. The Bertz CT molecular complexity index is 609. The fourth-order valence-corrected chi connectivity index (χ4v) is 4.52. The van der Waals surface area contributed by atoms with Crippen LogP contribution in [0.15, 0.2) is 0 Å². The molecule has 1 atom stereocenters. The van der Waals surface area contributed by atoms with Gasteiger partial charge in [-0.15, -0.1) is 0 Å². The molecule has 0 spiro atoms. The Morgan fingerprint density at radius 2 is 2.24 bits per heavy atom. The fraction of sp³-hybridized carbons (Fsp3) is 0.636. The van der Waals surface area contributed by atoms with Gasteiger partial charge in [0.1, 0.15) is 6.07 Å². The molecule has 0 N–H and O–H groups in total. The Morgan fingerprint density at radius 3 is 2.88 bits per heavy atom. The maximum absolute atomic E-state index is 11.5. The smallest absolute Gasteiger partial charge is 0.165 e. The third-order valence-electron chi connectivity index (χ3n) is 3.62. The zero-order chi connectivity index (χ0) is 12.0. The van der Waals surface area contributed by atoms with Crippen molar-refractivity contribution in [3.63, 3.8) is 0 Å². The molecule has 1 unspecified atom stereocenters. The summed E-state index contributed by atoms with van der Waals surface area (Å²) in [5.74, 6) is 0.417. The number of aromatic nitrogens is 2. The van der Waals surface area contributed by atoms with Crippen molar-refractivity contribution in [2.75, 3.05) is 11.5 Å². The van der Waals surface area contributed by atoms with Gasteiger partial charge in [0.2, 0.25) is 0 Å². The van der Waals surface area contributed by atoms with Crippen molar-refractivity contribution in [1.29, 1.82) is 5.26 Å². The second kappa shape index (κ2) is 3.57. The van der Waals surface area contributed by atoms with Gasteiger partial charge in [0.25, 0.3) is 0 Å². The Hall–Kier alpha value is -1.35. The molecular formula is C11H13N3O2S. The van der Waals surface area contributed by atoms with E-state index >= 15 is 0 Å². The lowest BCUT2D eigenvalue weighted by atomic mass is 10.2. The average Bonchev–Trinajstić information content (AvgIpc) is 2.91. The molecule has 1 saturated heterocycles. The topological polar surface area (TPSA) is 75.8 Å². The predicted molar refractivity (Wildman–Crippen MR) is 61.3 cm³/mol. The predicted octanol–water partition coefficient (Wildman–Crippen LogP) is 0.603. The molecule has 1 aromatic rings. The summed E-state index contributed by atoms with van der Waals surface area (Å²) in [5.41, 5.74) is 2.61.